The number of likely N-dealkylation sites (tertiary alicyclic amines) is 1. The number of rotatable bonds is 5. The van der Waals surface area contributed by atoms with Crippen LogP contribution in [0.25, 0.3) is 0 Å². The average molecular weight is 394 g/mol. The summed E-state index contributed by atoms with van der Waals surface area (Å²) < 4.78 is 4.99. The minimum atomic E-state index is -0.313. The molecule has 1 aliphatic rings. The fraction of sp³-hybridized carbons (Fsp3) is 0.350. The lowest BCUT2D eigenvalue weighted by atomic mass is 10.1. The highest BCUT2D eigenvalue weighted by Crippen LogP contribution is 2.16. The van der Waals surface area contributed by atoms with E-state index in [0.29, 0.717) is 49.6 Å². The molecule has 3 rings (SSSR count). The molecule has 2 aromatic rings. The predicted molar refractivity (Wildman–Crippen MR) is 106 cm³/mol. The van der Waals surface area contributed by atoms with E-state index in [4.69, 9.17) is 10.00 Å². The number of carbonyl (C=O) groups excluding carboxylic acids is 2. The zero-order valence-electron chi connectivity index (χ0n) is 16.1. The summed E-state index contributed by atoms with van der Waals surface area (Å²) in [4.78, 5) is 25.8. The van der Waals surface area contributed by atoms with Crippen LogP contribution in [0.1, 0.15) is 35.8 Å². The van der Waals surface area contributed by atoms with Gasteiger partial charge in [-0.25, -0.2) is 4.79 Å². The number of hydrogen-bond donors (Lipinski definition) is 2. The Kier molecular flexibility index (Phi) is 6.58. The summed E-state index contributed by atoms with van der Waals surface area (Å²) in [5.41, 5.74) is 1.46. The molecule has 0 spiro atoms. The summed E-state index contributed by atoms with van der Waals surface area (Å²) in [6.45, 7) is 3.21. The largest absolute Gasteiger partial charge is 0.450 e. The predicted octanol–water partition coefficient (Wildman–Crippen LogP) is 2.44. The van der Waals surface area contributed by atoms with Crippen LogP contribution in [0.15, 0.2) is 36.4 Å². The summed E-state index contributed by atoms with van der Waals surface area (Å²) in [5, 5.41) is 22.9. The summed E-state index contributed by atoms with van der Waals surface area (Å²) in [7, 11) is 0. The van der Waals surface area contributed by atoms with E-state index in [1.807, 2.05) is 6.07 Å². The molecule has 1 aromatic carbocycles. The van der Waals surface area contributed by atoms with Crippen molar-refractivity contribution in [3.8, 4) is 6.07 Å². The number of nitrogens with one attached hydrogen (secondary N) is 2. The maximum Gasteiger partial charge on any atom is 0.409 e. The lowest BCUT2D eigenvalue weighted by molar-refractivity contribution is 0.0856. The van der Waals surface area contributed by atoms with E-state index in [1.54, 1.807) is 42.2 Å². The van der Waals surface area contributed by atoms with Gasteiger partial charge in [-0.1, -0.05) is 6.07 Å². The molecule has 0 bridgehead atoms. The van der Waals surface area contributed by atoms with E-state index in [1.165, 1.54) is 0 Å². The van der Waals surface area contributed by atoms with Crippen LogP contribution in [-0.4, -0.2) is 52.8 Å². The number of amides is 2. The SMILES string of the molecule is CCOC(=O)N1CCC(NC(=O)c2ccc(Nc3cccc(C#N)c3)nn2)CC1. The molecule has 29 heavy (non-hydrogen) atoms. The first-order valence-electron chi connectivity index (χ1n) is 9.42. The molecule has 0 unspecified atom stereocenters. The smallest absolute Gasteiger partial charge is 0.409 e. The van der Waals surface area contributed by atoms with Crippen LogP contribution in [0.2, 0.25) is 0 Å². The third-order valence-electron chi connectivity index (χ3n) is 4.52. The zero-order chi connectivity index (χ0) is 20.6. The molecule has 2 amide bonds. The first-order valence-corrected chi connectivity index (χ1v) is 9.42. The van der Waals surface area contributed by atoms with E-state index in [0.717, 1.165) is 0 Å². The molecule has 1 saturated heterocycles. The minimum absolute atomic E-state index is 0.0264. The van der Waals surface area contributed by atoms with Gasteiger partial charge in [0.25, 0.3) is 5.91 Å². The second-order valence-electron chi connectivity index (χ2n) is 6.56. The normalized spacial score (nSPS) is 14.0. The molecular formula is C20H22N6O3. The third-order valence-corrected chi connectivity index (χ3v) is 4.52. The van der Waals surface area contributed by atoms with Gasteiger partial charge in [0.2, 0.25) is 0 Å². The molecule has 2 heterocycles. The highest BCUT2D eigenvalue weighted by Gasteiger charge is 2.25. The van der Waals surface area contributed by atoms with Gasteiger partial charge in [0, 0.05) is 24.8 Å². The van der Waals surface area contributed by atoms with Crippen molar-refractivity contribution in [2.24, 2.45) is 0 Å². The maximum absolute atomic E-state index is 12.4. The van der Waals surface area contributed by atoms with Gasteiger partial charge in [-0.2, -0.15) is 5.26 Å². The van der Waals surface area contributed by atoms with Gasteiger partial charge in [-0.05, 0) is 50.1 Å². The van der Waals surface area contributed by atoms with Crippen molar-refractivity contribution in [1.29, 1.82) is 5.26 Å². The monoisotopic (exact) mass is 394 g/mol. The number of nitrogens with zero attached hydrogens (tertiary/aromatic N) is 4. The van der Waals surface area contributed by atoms with Crippen LogP contribution in [0.5, 0.6) is 0 Å². The molecule has 0 radical (unpaired) electrons. The number of hydrogen-bond acceptors (Lipinski definition) is 7. The summed E-state index contributed by atoms with van der Waals surface area (Å²) in [6, 6.07) is 12.3. The number of aromatic nitrogens is 2. The standard InChI is InChI=1S/C20H22N6O3/c1-2-29-20(28)26-10-8-15(9-11-26)23-19(27)17-6-7-18(25-24-17)22-16-5-3-4-14(12-16)13-21/h3-7,12,15H,2,8-11H2,1H3,(H,22,25)(H,23,27). The summed E-state index contributed by atoms with van der Waals surface area (Å²) in [6.07, 6.45) is 1.01. The van der Waals surface area contributed by atoms with Crippen molar-refractivity contribution in [1.82, 2.24) is 20.4 Å². The summed E-state index contributed by atoms with van der Waals surface area (Å²) in [5.74, 6) is 0.171. The number of piperidine rings is 1. The molecule has 1 fully saturated rings. The maximum atomic E-state index is 12.4. The van der Waals surface area contributed by atoms with Crippen molar-refractivity contribution < 1.29 is 14.3 Å². The molecule has 9 heteroatoms. The van der Waals surface area contributed by atoms with E-state index in [-0.39, 0.29) is 23.7 Å². The van der Waals surface area contributed by atoms with Crippen LogP contribution in [0, 0.1) is 11.3 Å². The molecule has 0 saturated carbocycles. The topological polar surface area (TPSA) is 120 Å². The van der Waals surface area contributed by atoms with Gasteiger partial charge >= 0.3 is 6.09 Å². The van der Waals surface area contributed by atoms with Gasteiger partial charge in [0.05, 0.1) is 18.2 Å². The quantitative estimate of drug-likeness (QED) is 0.799. The van der Waals surface area contributed by atoms with Crippen molar-refractivity contribution in [2.45, 2.75) is 25.8 Å². The Morgan fingerprint density at radius 2 is 2.03 bits per heavy atom. The average Bonchev–Trinajstić information content (AvgIpc) is 2.75. The van der Waals surface area contributed by atoms with Crippen LogP contribution in [-0.2, 0) is 4.74 Å². The Bertz CT molecular complexity index is 901. The molecule has 0 aliphatic carbocycles. The van der Waals surface area contributed by atoms with Gasteiger partial charge in [0.15, 0.2) is 11.5 Å². The van der Waals surface area contributed by atoms with Crippen molar-refractivity contribution in [3.63, 3.8) is 0 Å². The second kappa shape index (κ2) is 9.50. The third kappa shape index (κ3) is 5.42. The first kappa shape index (κ1) is 20.1. The van der Waals surface area contributed by atoms with Crippen LogP contribution >= 0.6 is 0 Å². The number of nitriles is 1. The molecular weight excluding hydrogens is 372 g/mol. The van der Waals surface area contributed by atoms with E-state index in [2.05, 4.69) is 26.9 Å². The molecule has 9 nitrogen and oxygen atoms in total. The number of ether oxygens (including phenoxy) is 1. The number of benzene rings is 1. The lowest BCUT2D eigenvalue weighted by Crippen LogP contribution is -2.46. The van der Waals surface area contributed by atoms with Gasteiger partial charge in [-0.3, -0.25) is 4.79 Å². The Balaban J connectivity index is 1.52. The van der Waals surface area contributed by atoms with E-state index in [9.17, 15) is 9.59 Å². The van der Waals surface area contributed by atoms with Gasteiger partial charge in [0.1, 0.15) is 0 Å². The van der Waals surface area contributed by atoms with Gasteiger partial charge < -0.3 is 20.3 Å². The Labute approximate surface area is 168 Å². The van der Waals surface area contributed by atoms with Crippen molar-refractivity contribution >= 4 is 23.5 Å². The Morgan fingerprint density at radius 3 is 2.69 bits per heavy atom. The van der Waals surface area contributed by atoms with Crippen LogP contribution < -0.4 is 10.6 Å². The van der Waals surface area contributed by atoms with E-state index >= 15 is 0 Å². The number of carbonyl (C=O) groups is 2. The molecule has 150 valence electrons. The number of anilines is 2. The summed E-state index contributed by atoms with van der Waals surface area (Å²) >= 11 is 0. The van der Waals surface area contributed by atoms with Crippen molar-refractivity contribution in [2.75, 3.05) is 25.0 Å². The highest BCUT2D eigenvalue weighted by molar-refractivity contribution is 5.92. The minimum Gasteiger partial charge on any atom is -0.450 e. The Hall–Kier alpha value is -3.67. The lowest BCUT2D eigenvalue weighted by Gasteiger charge is -2.31. The fourth-order valence-electron chi connectivity index (χ4n) is 3.01. The van der Waals surface area contributed by atoms with Crippen LogP contribution in [0.4, 0.5) is 16.3 Å². The van der Waals surface area contributed by atoms with Crippen molar-refractivity contribution in [3.05, 3.63) is 47.7 Å². The zero-order valence-corrected chi connectivity index (χ0v) is 16.1. The van der Waals surface area contributed by atoms with Crippen LogP contribution in [0.3, 0.4) is 0 Å². The fourth-order valence-corrected chi connectivity index (χ4v) is 3.01. The highest BCUT2D eigenvalue weighted by atomic mass is 16.6. The second-order valence-corrected chi connectivity index (χ2v) is 6.56. The van der Waals surface area contributed by atoms with E-state index < -0.39 is 0 Å². The van der Waals surface area contributed by atoms with Gasteiger partial charge in [-0.15, -0.1) is 10.2 Å². The molecule has 1 aromatic heterocycles. The molecule has 2 N–H and O–H groups in total. The first-order chi connectivity index (χ1) is 14.1. The molecule has 0 atom stereocenters. The Morgan fingerprint density at radius 1 is 1.24 bits per heavy atom. The molecule has 1 aliphatic heterocycles.